The first-order chi connectivity index (χ1) is 26.0. The summed E-state index contributed by atoms with van der Waals surface area (Å²) < 4.78 is 13.2. The van der Waals surface area contributed by atoms with Crippen molar-refractivity contribution >= 4 is 14.3 Å². The van der Waals surface area contributed by atoms with Crippen molar-refractivity contribution in [3.8, 4) is 0 Å². The van der Waals surface area contributed by atoms with Crippen molar-refractivity contribution in [2.24, 2.45) is 0 Å². The summed E-state index contributed by atoms with van der Waals surface area (Å²) in [4.78, 5) is 15.4. The molecule has 5 nitrogen and oxygen atoms in total. The fourth-order valence-electron chi connectivity index (χ4n) is 7.46. The van der Waals surface area contributed by atoms with Gasteiger partial charge in [0.2, 0.25) is 0 Å². The molecule has 1 atom stereocenters. The topological polar surface area (TPSA) is 59.0 Å². The molecule has 0 saturated heterocycles. The number of carbonyl (C=O) groups is 1. The molecule has 1 N–H and O–H groups in total. The molecule has 0 aliphatic heterocycles. The maximum Gasteiger partial charge on any atom is 0.306 e. The van der Waals surface area contributed by atoms with E-state index in [9.17, 15) is 9.90 Å². The molecule has 0 radical (unpaired) electrons. The first-order valence-electron chi connectivity index (χ1n) is 24.2. The van der Waals surface area contributed by atoms with Crippen LogP contribution in [0.1, 0.15) is 247 Å². The third-order valence-electron chi connectivity index (χ3n) is 12.2. The Bertz CT molecular complexity index is 784. The van der Waals surface area contributed by atoms with Gasteiger partial charge >= 0.3 is 5.97 Å². The van der Waals surface area contributed by atoms with E-state index < -0.39 is 8.32 Å². The predicted octanol–water partition coefficient (Wildman–Crippen LogP) is 15.1. The maximum atomic E-state index is 12.9. The van der Waals surface area contributed by atoms with Crippen molar-refractivity contribution in [2.45, 2.75) is 277 Å². The van der Waals surface area contributed by atoms with Crippen LogP contribution in [0.15, 0.2) is 0 Å². The van der Waals surface area contributed by atoms with Gasteiger partial charge in [-0.05, 0) is 76.0 Å². The molecule has 0 saturated carbocycles. The summed E-state index contributed by atoms with van der Waals surface area (Å²) in [5.74, 6) is 0.0299. The van der Waals surface area contributed by atoms with E-state index in [1.807, 2.05) is 0 Å². The highest BCUT2D eigenvalue weighted by Crippen LogP contribution is 2.38. The number of hydrogen-bond acceptors (Lipinski definition) is 5. The van der Waals surface area contributed by atoms with E-state index in [4.69, 9.17) is 9.16 Å². The average Bonchev–Trinajstić information content (AvgIpc) is 3.12. The summed E-state index contributed by atoms with van der Waals surface area (Å²) in [5.41, 5.74) is 0. The Hall–Kier alpha value is -0.433. The van der Waals surface area contributed by atoms with E-state index in [0.29, 0.717) is 6.42 Å². The molecule has 0 aromatic rings. The van der Waals surface area contributed by atoms with Gasteiger partial charge in [-0.3, -0.25) is 4.79 Å². The van der Waals surface area contributed by atoms with Crippen molar-refractivity contribution in [3.63, 3.8) is 0 Å². The second kappa shape index (κ2) is 36.9. The van der Waals surface area contributed by atoms with Crippen molar-refractivity contribution < 1.29 is 19.1 Å². The van der Waals surface area contributed by atoms with Crippen LogP contribution < -0.4 is 0 Å². The van der Waals surface area contributed by atoms with Crippen molar-refractivity contribution in [2.75, 3.05) is 26.2 Å². The van der Waals surface area contributed by atoms with Crippen molar-refractivity contribution in [1.82, 2.24) is 4.90 Å². The third kappa shape index (κ3) is 32.6. The van der Waals surface area contributed by atoms with Gasteiger partial charge in [-0.25, -0.2) is 0 Å². The molecule has 6 heteroatoms. The molecule has 0 bridgehead atoms. The lowest BCUT2D eigenvalue weighted by Gasteiger charge is -2.40. The standard InChI is InChI=1S/C48H99NO4Si/c1-9-12-15-18-21-22-23-24-28-33-39-46(53-54(7,8)48(4,5)6)44-49(42-36-43-50)41-35-30-25-29-34-40-47(51)52-45(37-31-26-19-16-13-10-2)38-32-27-20-17-14-11-3/h45-46,50H,9-44H2,1-8H3. The summed E-state index contributed by atoms with van der Waals surface area (Å²) in [6, 6.07) is 0. The smallest absolute Gasteiger partial charge is 0.306 e. The molecule has 1 unspecified atom stereocenters. The van der Waals surface area contributed by atoms with Crippen LogP contribution >= 0.6 is 0 Å². The minimum atomic E-state index is -1.88. The van der Waals surface area contributed by atoms with Crippen LogP contribution in [0.4, 0.5) is 0 Å². The summed E-state index contributed by atoms with van der Waals surface area (Å²) in [5, 5.41) is 9.89. The van der Waals surface area contributed by atoms with Gasteiger partial charge in [-0.2, -0.15) is 0 Å². The Labute approximate surface area is 340 Å². The fraction of sp³-hybridized carbons (Fsp3) is 0.979. The van der Waals surface area contributed by atoms with Crippen LogP contribution in [0.3, 0.4) is 0 Å². The molecule has 0 aliphatic rings. The molecule has 0 fully saturated rings. The Balaban J connectivity index is 4.74. The van der Waals surface area contributed by atoms with Gasteiger partial charge in [0.15, 0.2) is 8.32 Å². The van der Waals surface area contributed by atoms with E-state index in [1.54, 1.807) is 0 Å². The minimum Gasteiger partial charge on any atom is -0.462 e. The Kier molecular flexibility index (Phi) is 36.6. The molecule has 0 heterocycles. The van der Waals surface area contributed by atoms with E-state index in [2.05, 4.69) is 59.5 Å². The third-order valence-corrected chi connectivity index (χ3v) is 16.7. The number of aliphatic hydroxyl groups excluding tert-OH is 1. The van der Waals surface area contributed by atoms with Crippen molar-refractivity contribution in [1.29, 1.82) is 0 Å². The lowest BCUT2D eigenvalue weighted by atomic mass is 10.0. The lowest BCUT2D eigenvalue weighted by molar-refractivity contribution is -0.150. The number of esters is 1. The molecule has 324 valence electrons. The maximum absolute atomic E-state index is 12.9. The molecule has 0 aromatic heterocycles. The van der Waals surface area contributed by atoms with Crippen molar-refractivity contribution in [3.05, 3.63) is 0 Å². The number of aliphatic hydroxyl groups is 1. The summed E-state index contributed by atoms with van der Waals surface area (Å²) in [6.07, 6.45) is 39.7. The van der Waals surface area contributed by atoms with Gasteiger partial charge in [0, 0.05) is 26.1 Å². The second-order valence-corrected chi connectivity index (χ2v) is 23.3. The van der Waals surface area contributed by atoms with E-state index in [1.165, 1.54) is 161 Å². The fourth-order valence-corrected chi connectivity index (χ4v) is 8.84. The molecular formula is C48H99NO4Si. The zero-order valence-corrected chi connectivity index (χ0v) is 39.2. The number of nitrogens with zero attached hydrogens (tertiary/aromatic N) is 1. The van der Waals surface area contributed by atoms with Crippen LogP contribution in [0, 0.1) is 0 Å². The van der Waals surface area contributed by atoms with Gasteiger partial charge in [0.05, 0.1) is 6.10 Å². The molecule has 54 heavy (non-hydrogen) atoms. The highest BCUT2D eigenvalue weighted by atomic mass is 28.4. The van der Waals surface area contributed by atoms with Crippen LogP contribution in [0.25, 0.3) is 0 Å². The minimum absolute atomic E-state index is 0.0299. The molecule has 0 amide bonds. The second-order valence-electron chi connectivity index (χ2n) is 18.6. The van der Waals surface area contributed by atoms with Gasteiger partial charge < -0.3 is 19.2 Å². The van der Waals surface area contributed by atoms with E-state index >= 15 is 0 Å². The van der Waals surface area contributed by atoms with Crippen LogP contribution in [-0.4, -0.2) is 62.7 Å². The van der Waals surface area contributed by atoms with E-state index in [0.717, 1.165) is 58.2 Å². The molecule has 0 aromatic carbocycles. The SMILES string of the molecule is CCCCCCCCCCCCC(CN(CCCO)CCCCCCCC(=O)OC(CCCCCCCC)CCCCCCCC)O[Si](C)(C)C(C)(C)C. The zero-order valence-electron chi connectivity index (χ0n) is 38.2. The molecule has 0 rings (SSSR count). The number of unbranched alkanes of at least 4 members (excludes halogenated alkanes) is 23. The Morgan fingerprint density at radius 2 is 0.907 bits per heavy atom. The number of hydrogen-bond donors (Lipinski definition) is 1. The molecule has 0 spiro atoms. The van der Waals surface area contributed by atoms with Gasteiger partial charge in [0.25, 0.3) is 0 Å². The highest BCUT2D eigenvalue weighted by Gasteiger charge is 2.39. The van der Waals surface area contributed by atoms with E-state index in [-0.39, 0.29) is 29.8 Å². The molecular weight excluding hydrogens is 683 g/mol. The normalized spacial score (nSPS) is 13.0. The largest absolute Gasteiger partial charge is 0.462 e. The van der Waals surface area contributed by atoms with Gasteiger partial charge in [-0.15, -0.1) is 0 Å². The van der Waals surface area contributed by atoms with Crippen LogP contribution in [-0.2, 0) is 14.0 Å². The average molecular weight is 782 g/mol. The number of ether oxygens (including phenoxy) is 1. The summed E-state index contributed by atoms with van der Waals surface area (Å²) in [7, 11) is -1.88. The van der Waals surface area contributed by atoms with Gasteiger partial charge in [0.1, 0.15) is 6.10 Å². The lowest BCUT2D eigenvalue weighted by Crippen LogP contribution is -2.47. The molecule has 0 aliphatic carbocycles. The quantitative estimate of drug-likeness (QED) is 0.0380. The highest BCUT2D eigenvalue weighted by molar-refractivity contribution is 6.74. The number of rotatable bonds is 41. The Morgan fingerprint density at radius 3 is 1.33 bits per heavy atom. The first kappa shape index (κ1) is 53.6. The monoisotopic (exact) mass is 782 g/mol. The first-order valence-corrected chi connectivity index (χ1v) is 27.1. The predicted molar refractivity (Wildman–Crippen MR) is 240 cm³/mol. The van der Waals surface area contributed by atoms with Crippen LogP contribution in [0.2, 0.25) is 18.1 Å². The van der Waals surface area contributed by atoms with Gasteiger partial charge in [-0.1, -0.05) is 189 Å². The van der Waals surface area contributed by atoms with Crippen LogP contribution in [0.5, 0.6) is 0 Å². The summed E-state index contributed by atoms with van der Waals surface area (Å²) in [6.45, 7) is 21.9. The number of carbonyl (C=O) groups excluding carboxylic acids is 1. The zero-order chi connectivity index (χ0) is 40.2. The summed E-state index contributed by atoms with van der Waals surface area (Å²) >= 11 is 0. The Morgan fingerprint density at radius 1 is 0.537 bits per heavy atom.